The number of benzene rings is 3. The molecule has 1 amide bonds. The van der Waals surface area contributed by atoms with Crippen LogP contribution in [0.1, 0.15) is 11.1 Å². The summed E-state index contributed by atoms with van der Waals surface area (Å²) < 4.78 is 6.72. The van der Waals surface area contributed by atoms with E-state index >= 15 is 0 Å². The van der Waals surface area contributed by atoms with E-state index < -0.39 is 0 Å². The lowest BCUT2D eigenvalue weighted by molar-refractivity contribution is -0.115. The van der Waals surface area contributed by atoms with Gasteiger partial charge in [-0.2, -0.15) is 0 Å². The van der Waals surface area contributed by atoms with Gasteiger partial charge in [-0.25, -0.2) is 4.99 Å². The molecule has 6 heteroatoms. The lowest BCUT2D eigenvalue weighted by Crippen LogP contribution is -2.19. The average Bonchev–Trinajstić information content (AvgIpc) is 3.07. The van der Waals surface area contributed by atoms with Crippen LogP contribution in [-0.4, -0.2) is 11.1 Å². The van der Waals surface area contributed by atoms with Crippen molar-refractivity contribution in [2.24, 2.45) is 4.99 Å². The highest BCUT2D eigenvalue weighted by molar-refractivity contribution is 9.10. The number of rotatable bonds is 5. The second kappa shape index (κ2) is 9.11. The lowest BCUT2D eigenvalue weighted by atomic mass is 10.2. The van der Waals surface area contributed by atoms with Gasteiger partial charge in [0, 0.05) is 0 Å². The highest BCUT2D eigenvalue weighted by Gasteiger charge is 2.23. The van der Waals surface area contributed by atoms with Crippen molar-refractivity contribution in [3.63, 3.8) is 0 Å². The second-order valence-electron chi connectivity index (χ2n) is 6.28. The van der Waals surface area contributed by atoms with E-state index in [4.69, 9.17) is 4.74 Å². The van der Waals surface area contributed by atoms with Gasteiger partial charge in [-0.15, -0.1) is 0 Å². The normalized spacial score (nSPS) is 16.2. The Morgan fingerprint density at radius 1 is 1.00 bits per heavy atom. The first kappa shape index (κ1) is 19.5. The number of amidine groups is 1. The molecule has 0 spiro atoms. The van der Waals surface area contributed by atoms with Crippen molar-refractivity contribution in [1.29, 1.82) is 0 Å². The first-order valence-corrected chi connectivity index (χ1v) is 10.6. The number of nitrogens with one attached hydrogen (secondary N) is 1. The first-order chi connectivity index (χ1) is 14.2. The van der Waals surface area contributed by atoms with Crippen LogP contribution in [0, 0.1) is 0 Å². The molecule has 1 aliphatic heterocycles. The lowest BCUT2D eigenvalue weighted by Gasteiger charge is -2.09. The zero-order chi connectivity index (χ0) is 20.1. The number of carbonyl (C=O) groups excluding carboxylic acids is 1. The van der Waals surface area contributed by atoms with Crippen molar-refractivity contribution in [2.75, 3.05) is 0 Å². The van der Waals surface area contributed by atoms with Crippen molar-refractivity contribution in [3.05, 3.63) is 99.4 Å². The van der Waals surface area contributed by atoms with Crippen LogP contribution in [0.2, 0.25) is 0 Å². The highest BCUT2D eigenvalue weighted by Crippen LogP contribution is 2.31. The summed E-state index contributed by atoms with van der Waals surface area (Å²) >= 11 is 4.89. The molecule has 0 radical (unpaired) electrons. The number of hydrogen-bond acceptors (Lipinski definition) is 4. The quantitative estimate of drug-likeness (QED) is 0.476. The van der Waals surface area contributed by atoms with Crippen LogP contribution >= 0.6 is 27.7 Å². The summed E-state index contributed by atoms with van der Waals surface area (Å²) in [5, 5.41) is 3.38. The minimum absolute atomic E-state index is 0.148. The van der Waals surface area contributed by atoms with Gasteiger partial charge in [0.05, 0.1) is 15.1 Å². The summed E-state index contributed by atoms with van der Waals surface area (Å²) in [6.07, 6.45) is 1.85. The number of amides is 1. The maximum absolute atomic E-state index is 12.3. The summed E-state index contributed by atoms with van der Waals surface area (Å²) in [4.78, 5) is 17.3. The number of para-hydroxylation sites is 1. The molecular weight excluding hydrogens is 448 g/mol. The van der Waals surface area contributed by atoms with Crippen LogP contribution in [0.4, 0.5) is 5.69 Å². The summed E-state index contributed by atoms with van der Waals surface area (Å²) in [5.41, 5.74) is 2.82. The Bertz CT molecular complexity index is 1080. The van der Waals surface area contributed by atoms with Gasteiger partial charge >= 0.3 is 0 Å². The number of hydrogen-bond donors (Lipinski definition) is 1. The fourth-order valence-electron chi connectivity index (χ4n) is 2.71. The monoisotopic (exact) mass is 464 g/mol. The molecule has 1 saturated heterocycles. The van der Waals surface area contributed by atoms with E-state index in [-0.39, 0.29) is 5.91 Å². The molecule has 3 aromatic rings. The van der Waals surface area contributed by atoms with Crippen LogP contribution in [0.5, 0.6) is 5.75 Å². The van der Waals surface area contributed by atoms with Gasteiger partial charge in [0.1, 0.15) is 12.4 Å². The van der Waals surface area contributed by atoms with E-state index in [1.807, 2.05) is 84.9 Å². The zero-order valence-electron chi connectivity index (χ0n) is 15.3. The van der Waals surface area contributed by atoms with E-state index in [0.717, 1.165) is 27.0 Å². The minimum Gasteiger partial charge on any atom is -0.488 e. The van der Waals surface area contributed by atoms with E-state index in [2.05, 4.69) is 26.2 Å². The molecule has 4 rings (SSSR count). The number of carbonyl (C=O) groups is 1. The Balaban J connectivity index is 1.46. The average molecular weight is 465 g/mol. The smallest absolute Gasteiger partial charge is 0.264 e. The molecule has 0 saturated carbocycles. The molecule has 0 aliphatic carbocycles. The Morgan fingerprint density at radius 3 is 2.45 bits per heavy atom. The van der Waals surface area contributed by atoms with Crippen LogP contribution in [-0.2, 0) is 11.4 Å². The molecule has 0 unspecified atom stereocenters. The van der Waals surface area contributed by atoms with Gasteiger partial charge in [-0.1, -0.05) is 54.6 Å². The standard InChI is InChI=1S/C23H17BrN2O2S/c24-19-13-17(11-12-20(19)28-15-16-7-3-1-4-8-16)14-21-22(27)26-23(29-21)25-18-9-5-2-6-10-18/h1-14H,15H2,(H,25,26,27). The fraction of sp³-hybridized carbons (Fsp3) is 0.0435. The Morgan fingerprint density at radius 2 is 1.72 bits per heavy atom. The van der Waals surface area contributed by atoms with E-state index in [1.54, 1.807) is 0 Å². The predicted molar refractivity (Wildman–Crippen MR) is 122 cm³/mol. The molecule has 1 aliphatic rings. The van der Waals surface area contributed by atoms with Crippen molar-refractivity contribution < 1.29 is 9.53 Å². The summed E-state index contributed by atoms with van der Waals surface area (Å²) in [7, 11) is 0. The Hall–Kier alpha value is -2.83. The third-order valence-corrected chi connectivity index (χ3v) is 5.66. The number of nitrogens with zero attached hydrogens (tertiary/aromatic N) is 1. The van der Waals surface area contributed by atoms with E-state index in [0.29, 0.717) is 16.7 Å². The Labute approximate surface area is 181 Å². The van der Waals surface area contributed by atoms with E-state index in [9.17, 15) is 4.79 Å². The topological polar surface area (TPSA) is 50.7 Å². The molecule has 0 bridgehead atoms. The molecule has 3 aromatic carbocycles. The van der Waals surface area contributed by atoms with Gasteiger partial charge < -0.3 is 10.1 Å². The largest absolute Gasteiger partial charge is 0.488 e. The third-order valence-electron chi connectivity index (χ3n) is 4.13. The maximum atomic E-state index is 12.3. The minimum atomic E-state index is -0.148. The van der Waals surface area contributed by atoms with Crippen molar-refractivity contribution in [1.82, 2.24) is 5.32 Å². The van der Waals surface area contributed by atoms with Gasteiger partial charge in [0.15, 0.2) is 5.17 Å². The van der Waals surface area contributed by atoms with Gasteiger partial charge in [-0.3, -0.25) is 4.79 Å². The number of aliphatic imine (C=N–C) groups is 1. The van der Waals surface area contributed by atoms with Crippen molar-refractivity contribution in [2.45, 2.75) is 6.61 Å². The molecule has 1 heterocycles. The predicted octanol–water partition coefficient (Wildman–Crippen LogP) is 5.92. The van der Waals surface area contributed by atoms with E-state index in [1.165, 1.54) is 11.8 Å². The first-order valence-electron chi connectivity index (χ1n) is 8.98. The molecule has 0 aromatic heterocycles. The number of ether oxygens (including phenoxy) is 1. The summed E-state index contributed by atoms with van der Waals surface area (Å²) in [6.45, 7) is 0.497. The maximum Gasteiger partial charge on any atom is 0.264 e. The van der Waals surface area contributed by atoms with Gasteiger partial charge in [0.2, 0.25) is 0 Å². The summed E-state index contributed by atoms with van der Waals surface area (Å²) in [6, 6.07) is 25.3. The fourth-order valence-corrected chi connectivity index (χ4v) is 4.06. The van der Waals surface area contributed by atoms with Crippen LogP contribution in [0.25, 0.3) is 6.08 Å². The van der Waals surface area contributed by atoms with Crippen molar-refractivity contribution >= 4 is 50.5 Å². The molecule has 29 heavy (non-hydrogen) atoms. The molecule has 144 valence electrons. The van der Waals surface area contributed by atoms with Gasteiger partial charge in [0.25, 0.3) is 5.91 Å². The molecule has 4 nitrogen and oxygen atoms in total. The number of halogens is 1. The van der Waals surface area contributed by atoms with Crippen LogP contribution in [0.3, 0.4) is 0 Å². The second-order valence-corrected chi connectivity index (χ2v) is 8.17. The highest BCUT2D eigenvalue weighted by atomic mass is 79.9. The molecular formula is C23H17BrN2O2S. The summed E-state index contributed by atoms with van der Waals surface area (Å²) in [5.74, 6) is 0.607. The third kappa shape index (κ3) is 5.16. The SMILES string of the molecule is O=C1NC(=Nc2ccccc2)SC1=Cc1ccc(OCc2ccccc2)c(Br)c1. The van der Waals surface area contributed by atoms with Crippen LogP contribution in [0.15, 0.2) is 93.2 Å². The van der Waals surface area contributed by atoms with Gasteiger partial charge in [-0.05, 0) is 69.2 Å². The Kier molecular flexibility index (Phi) is 6.12. The van der Waals surface area contributed by atoms with Crippen molar-refractivity contribution in [3.8, 4) is 5.75 Å². The molecule has 1 fully saturated rings. The van der Waals surface area contributed by atoms with Crippen LogP contribution < -0.4 is 10.1 Å². The number of thioether (sulfide) groups is 1. The zero-order valence-corrected chi connectivity index (χ0v) is 17.7. The molecule has 0 atom stereocenters. The molecule has 1 N–H and O–H groups in total.